The highest BCUT2D eigenvalue weighted by Crippen LogP contribution is 2.43. The van der Waals surface area contributed by atoms with E-state index in [0.29, 0.717) is 17.4 Å². The standard InChI is InChI=1S/C69H137N2O6P/c1-6-8-10-12-14-16-18-20-22-24-26-28-30-32-33-34-35-36-37-39-41-43-45-47-49-51-53-55-57-59-61-63-69(73)70-67(66-77-78(74,75)76-65-64-71(3,4)5)68(72)62-60-58-56-54-52-50-48-46-44-42-40-38-31-29-27-25-23-21-19-17-15-13-11-9-7-2/h24,26,60,62,67-68,72H,6-23,25,27-59,61,63-66H2,1-5H3,(H-,70,73,74,75)/p+1/b26-24-,62-60+. The van der Waals surface area contributed by atoms with Crippen LogP contribution in [0.2, 0.25) is 0 Å². The summed E-state index contributed by atoms with van der Waals surface area (Å²) in [4.78, 5) is 23.4. The van der Waals surface area contributed by atoms with Crippen molar-refractivity contribution < 1.29 is 32.9 Å². The highest BCUT2D eigenvalue weighted by atomic mass is 31.2. The smallest absolute Gasteiger partial charge is 0.387 e. The topological polar surface area (TPSA) is 105 Å². The van der Waals surface area contributed by atoms with E-state index in [9.17, 15) is 19.4 Å². The van der Waals surface area contributed by atoms with Gasteiger partial charge in [-0.3, -0.25) is 13.8 Å². The van der Waals surface area contributed by atoms with E-state index in [0.717, 1.165) is 32.1 Å². The Hall–Kier alpha value is -1.02. The minimum Gasteiger partial charge on any atom is -0.387 e. The van der Waals surface area contributed by atoms with Crippen LogP contribution in [0.4, 0.5) is 0 Å². The monoisotopic (exact) mass is 1120 g/mol. The lowest BCUT2D eigenvalue weighted by Gasteiger charge is -2.25. The average molecular weight is 1120 g/mol. The second kappa shape index (κ2) is 60.6. The lowest BCUT2D eigenvalue weighted by Crippen LogP contribution is -2.45. The largest absolute Gasteiger partial charge is 0.472 e. The number of aliphatic hydroxyl groups is 1. The number of phosphoric acid groups is 1. The number of nitrogens with zero attached hydrogens (tertiary/aromatic N) is 1. The Kier molecular flexibility index (Phi) is 59.8. The van der Waals surface area contributed by atoms with Crippen LogP contribution < -0.4 is 5.32 Å². The lowest BCUT2D eigenvalue weighted by atomic mass is 10.0. The number of quaternary nitrogens is 1. The molecule has 8 nitrogen and oxygen atoms in total. The number of rotatable bonds is 65. The fourth-order valence-electron chi connectivity index (χ4n) is 10.7. The number of allylic oxidation sites excluding steroid dienone is 3. The van der Waals surface area contributed by atoms with Crippen LogP contribution in [0.15, 0.2) is 24.3 Å². The molecule has 0 aliphatic heterocycles. The van der Waals surface area contributed by atoms with Crippen LogP contribution in [0.1, 0.15) is 361 Å². The number of amides is 1. The molecule has 0 aliphatic rings. The molecule has 0 aromatic rings. The van der Waals surface area contributed by atoms with Crippen molar-refractivity contribution in [1.82, 2.24) is 5.32 Å². The summed E-state index contributed by atoms with van der Waals surface area (Å²) in [5.74, 6) is -0.168. The van der Waals surface area contributed by atoms with Gasteiger partial charge in [-0.1, -0.05) is 334 Å². The van der Waals surface area contributed by atoms with E-state index < -0.39 is 20.0 Å². The van der Waals surface area contributed by atoms with Crippen LogP contribution in [-0.4, -0.2) is 73.4 Å². The van der Waals surface area contributed by atoms with Crippen LogP contribution in [-0.2, 0) is 18.4 Å². The SMILES string of the molecule is CCCCCCCCCC/C=C\CCCCCCCCCCCCCCCCCCCCCC(=O)NC(COP(=O)(O)OCC[N+](C)(C)C)C(O)/C=C/CCCCCCCCCCCCCCCCCCCCCCCCC. The summed E-state index contributed by atoms with van der Waals surface area (Å²) in [6, 6.07) is -0.845. The van der Waals surface area contributed by atoms with Gasteiger partial charge in [-0.2, -0.15) is 0 Å². The highest BCUT2D eigenvalue weighted by Gasteiger charge is 2.28. The Balaban J connectivity index is 4.04. The molecule has 0 saturated carbocycles. The summed E-state index contributed by atoms with van der Waals surface area (Å²) in [7, 11) is 1.59. The maximum absolute atomic E-state index is 13.0. The maximum Gasteiger partial charge on any atom is 0.472 e. The molecule has 78 heavy (non-hydrogen) atoms. The Labute approximate surface area is 487 Å². The van der Waals surface area contributed by atoms with E-state index in [-0.39, 0.29) is 19.1 Å². The molecule has 3 N–H and O–H groups in total. The first-order valence-electron chi connectivity index (χ1n) is 34.7. The van der Waals surface area contributed by atoms with Crippen molar-refractivity contribution in [1.29, 1.82) is 0 Å². The van der Waals surface area contributed by atoms with Crippen molar-refractivity contribution in [3.05, 3.63) is 24.3 Å². The number of likely N-dealkylation sites (N-methyl/N-ethyl adjacent to an activating group) is 1. The van der Waals surface area contributed by atoms with E-state index in [2.05, 4.69) is 31.3 Å². The molecule has 0 bridgehead atoms. The van der Waals surface area contributed by atoms with Crippen LogP contribution >= 0.6 is 7.82 Å². The molecule has 0 saturated heterocycles. The van der Waals surface area contributed by atoms with E-state index in [1.54, 1.807) is 6.08 Å². The summed E-state index contributed by atoms with van der Waals surface area (Å²) < 4.78 is 23.8. The molecule has 3 atom stereocenters. The van der Waals surface area contributed by atoms with Crippen molar-refractivity contribution >= 4 is 13.7 Å². The number of nitrogens with one attached hydrogen (secondary N) is 1. The molecule has 0 fully saturated rings. The van der Waals surface area contributed by atoms with Crippen LogP contribution in [0.5, 0.6) is 0 Å². The molecule has 9 heteroatoms. The second-order valence-electron chi connectivity index (χ2n) is 25.3. The van der Waals surface area contributed by atoms with Crippen LogP contribution in [0.25, 0.3) is 0 Å². The first-order valence-corrected chi connectivity index (χ1v) is 36.2. The molecule has 3 unspecified atom stereocenters. The summed E-state index contributed by atoms with van der Waals surface area (Å²) in [5, 5.41) is 14.0. The molecule has 0 radical (unpaired) electrons. The molecule has 0 aromatic heterocycles. The number of carbonyl (C=O) groups is 1. The zero-order chi connectivity index (χ0) is 57.0. The lowest BCUT2D eigenvalue weighted by molar-refractivity contribution is -0.870. The molecule has 0 rings (SSSR count). The molecule has 464 valence electrons. The molecular formula is C69H138N2O6P+. The normalized spacial score (nSPS) is 13.8. The van der Waals surface area contributed by atoms with Crippen LogP contribution in [0, 0.1) is 0 Å². The van der Waals surface area contributed by atoms with Gasteiger partial charge in [-0.25, -0.2) is 4.57 Å². The highest BCUT2D eigenvalue weighted by molar-refractivity contribution is 7.47. The molecule has 0 heterocycles. The van der Waals surface area contributed by atoms with Gasteiger partial charge in [0.25, 0.3) is 0 Å². The molecule has 0 aromatic carbocycles. The molecule has 1 amide bonds. The van der Waals surface area contributed by atoms with E-state index >= 15 is 0 Å². The van der Waals surface area contributed by atoms with Gasteiger partial charge in [0.05, 0.1) is 39.9 Å². The molecular weight excluding hydrogens is 984 g/mol. The average Bonchev–Trinajstić information content (AvgIpc) is 3.41. The zero-order valence-corrected chi connectivity index (χ0v) is 54.1. The van der Waals surface area contributed by atoms with Gasteiger partial charge in [-0.15, -0.1) is 0 Å². The number of carbonyl (C=O) groups excluding carboxylic acids is 1. The number of aliphatic hydroxyl groups excluding tert-OH is 1. The van der Waals surface area contributed by atoms with E-state index in [4.69, 9.17) is 9.05 Å². The van der Waals surface area contributed by atoms with Gasteiger partial charge in [0, 0.05) is 6.42 Å². The third-order valence-corrected chi connectivity index (χ3v) is 17.1. The Morgan fingerprint density at radius 1 is 0.423 bits per heavy atom. The summed E-state index contributed by atoms with van der Waals surface area (Å²) in [5.41, 5.74) is 0. The van der Waals surface area contributed by atoms with Gasteiger partial charge in [0.2, 0.25) is 5.91 Å². The van der Waals surface area contributed by atoms with Crippen molar-refractivity contribution in [3.63, 3.8) is 0 Å². The maximum atomic E-state index is 13.0. The van der Waals surface area contributed by atoms with Crippen molar-refractivity contribution in [2.45, 2.75) is 373 Å². The van der Waals surface area contributed by atoms with Gasteiger partial charge in [0.1, 0.15) is 13.2 Å². The molecule has 0 aliphatic carbocycles. The molecule has 0 spiro atoms. The number of hydrogen-bond acceptors (Lipinski definition) is 5. The van der Waals surface area contributed by atoms with Gasteiger partial charge in [-0.05, 0) is 44.9 Å². The van der Waals surface area contributed by atoms with Crippen LogP contribution in [0.3, 0.4) is 0 Å². The predicted octanol–water partition coefficient (Wildman–Crippen LogP) is 21.9. The predicted molar refractivity (Wildman–Crippen MR) is 342 cm³/mol. The zero-order valence-electron chi connectivity index (χ0n) is 53.2. The Morgan fingerprint density at radius 2 is 0.692 bits per heavy atom. The van der Waals surface area contributed by atoms with Gasteiger partial charge < -0.3 is 19.8 Å². The minimum atomic E-state index is -4.35. The first-order chi connectivity index (χ1) is 38.0. The van der Waals surface area contributed by atoms with E-state index in [1.165, 1.54) is 308 Å². The minimum absolute atomic E-state index is 0.0644. The number of phosphoric ester groups is 1. The summed E-state index contributed by atoms with van der Waals surface area (Å²) >= 11 is 0. The summed E-state index contributed by atoms with van der Waals surface area (Å²) in [6.45, 7) is 4.88. The van der Waals surface area contributed by atoms with Crippen molar-refractivity contribution in [2.24, 2.45) is 0 Å². The number of unbranched alkanes of at least 4 members (excludes halogenated alkanes) is 50. The summed E-state index contributed by atoms with van der Waals surface area (Å²) in [6.07, 6.45) is 78.9. The quantitative estimate of drug-likeness (QED) is 0.0243. The fraction of sp³-hybridized carbons (Fsp3) is 0.928. The second-order valence-corrected chi connectivity index (χ2v) is 26.7. The third-order valence-electron chi connectivity index (χ3n) is 16.2. The van der Waals surface area contributed by atoms with E-state index in [1.807, 2.05) is 27.2 Å². The van der Waals surface area contributed by atoms with Crippen molar-refractivity contribution in [3.8, 4) is 0 Å². The first kappa shape index (κ1) is 77.0. The van der Waals surface area contributed by atoms with Crippen molar-refractivity contribution in [2.75, 3.05) is 40.9 Å². The van der Waals surface area contributed by atoms with Gasteiger partial charge >= 0.3 is 7.82 Å². The number of hydrogen-bond donors (Lipinski definition) is 3. The third kappa shape index (κ3) is 62.6. The Bertz CT molecular complexity index is 1320. The fourth-order valence-corrected chi connectivity index (χ4v) is 11.5. The Morgan fingerprint density at radius 3 is 0.987 bits per heavy atom. The van der Waals surface area contributed by atoms with Gasteiger partial charge in [0.15, 0.2) is 0 Å².